The summed E-state index contributed by atoms with van der Waals surface area (Å²) in [5.74, 6) is 1.01. The van der Waals surface area contributed by atoms with Crippen LogP contribution < -0.4 is 0 Å². The lowest BCUT2D eigenvalue weighted by molar-refractivity contribution is 0.0670. The normalized spacial score (nSPS) is 17.2. The molecule has 3 heteroatoms. The Morgan fingerprint density at radius 3 is 2.57 bits per heavy atom. The summed E-state index contributed by atoms with van der Waals surface area (Å²) in [6.07, 6.45) is 0.0485. The van der Waals surface area contributed by atoms with Crippen LogP contribution in [0.15, 0.2) is 53.4 Å². The van der Waals surface area contributed by atoms with Crippen LogP contribution in [-0.4, -0.2) is 32.1 Å². The number of hydrogen-bond donors (Lipinski definition) is 0. The molecular weight excluding hydrogens is 278 g/mol. The second kappa shape index (κ2) is 6.65. The molecule has 1 heterocycles. The minimum Gasteiger partial charge on any atom is -0.367 e. The quantitative estimate of drug-likeness (QED) is 0.848. The van der Waals surface area contributed by atoms with Crippen LogP contribution in [0.3, 0.4) is 0 Å². The van der Waals surface area contributed by atoms with E-state index in [1.54, 1.807) is 0 Å². The predicted octanol–water partition coefficient (Wildman–Crippen LogP) is 3.96. The van der Waals surface area contributed by atoms with Crippen molar-refractivity contribution >= 4 is 11.8 Å². The lowest BCUT2D eigenvalue weighted by atomic mass is 9.97. The van der Waals surface area contributed by atoms with Crippen molar-refractivity contribution in [2.24, 2.45) is 0 Å². The molecule has 1 unspecified atom stereocenters. The van der Waals surface area contributed by atoms with Crippen molar-refractivity contribution < 1.29 is 4.74 Å². The third kappa shape index (κ3) is 3.31. The second-order valence-corrected chi connectivity index (χ2v) is 6.60. The van der Waals surface area contributed by atoms with E-state index in [-0.39, 0.29) is 6.10 Å². The van der Waals surface area contributed by atoms with Crippen molar-refractivity contribution in [3.05, 3.63) is 65.2 Å². The van der Waals surface area contributed by atoms with E-state index >= 15 is 0 Å². The molecule has 1 aliphatic rings. The van der Waals surface area contributed by atoms with Crippen molar-refractivity contribution in [3.8, 4) is 0 Å². The summed E-state index contributed by atoms with van der Waals surface area (Å²) < 4.78 is 6.27. The summed E-state index contributed by atoms with van der Waals surface area (Å²) >= 11 is 1.91. The first-order chi connectivity index (χ1) is 10.3. The topological polar surface area (TPSA) is 12.5 Å². The number of fused-ring (bicyclic) bond motifs is 2. The zero-order valence-electron chi connectivity index (χ0n) is 12.6. The SMILES string of the molecule is CN(C)CCOC1c2ccccc2CSc2ccccc21. The molecule has 0 bridgehead atoms. The van der Waals surface area contributed by atoms with Gasteiger partial charge in [0.25, 0.3) is 0 Å². The first-order valence-corrected chi connectivity index (χ1v) is 8.30. The van der Waals surface area contributed by atoms with Crippen molar-refractivity contribution in [3.63, 3.8) is 0 Å². The molecule has 0 N–H and O–H groups in total. The lowest BCUT2D eigenvalue weighted by Crippen LogP contribution is -2.20. The number of benzene rings is 2. The summed E-state index contributed by atoms with van der Waals surface area (Å²) in [6.45, 7) is 1.68. The van der Waals surface area contributed by atoms with Crippen LogP contribution in [-0.2, 0) is 10.5 Å². The van der Waals surface area contributed by atoms with E-state index in [9.17, 15) is 0 Å². The maximum Gasteiger partial charge on any atom is 0.109 e. The molecule has 0 aliphatic carbocycles. The highest BCUT2D eigenvalue weighted by molar-refractivity contribution is 7.98. The van der Waals surface area contributed by atoms with Crippen molar-refractivity contribution in [2.75, 3.05) is 27.2 Å². The summed E-state index contributed by atoms with van der Waals surface area (Å²) in [6, 6.07) is 17.3. The Labute approximate surface area is 131 Å². The van der Waals surface area contributed by atoms with Gasteiger partial charge in [0.15, 0.2) is 0 Å². The first kappa shape index (κ1) is 14.6. The van der Waals surface area contributed by atoms with E-state index in [0.29, 0.717) is 0 Å². The van der Waals surface area contributed by atoms with E-state index < -0.39 is 0 Å². The molecule has 0 aromatic heterocycles. The average Bonchev–Trinajstić information content (AvgIpc) is 2.65. The van der Waals surface area contributed by atoms with Crippen LogP contribution in [0.2, 0.25) is 0 Å². The second-order valence-electron chi connectivity index (χ2n) is 5.58. The third-order valence-electron chi connectivity index (χ3n) is 3.75. The monoisotopic (exact) mass is 299 g/mol. The molecule has 2 aromatic rings. The molecule has 2 aromatic carbocycles. The van der Waals surface area contributed by atoms with Crippen LogP contribution >= 0.6 is 11.8 Å². The summed E-state index contributed by atoms with van der Waals surface area (Å²) in [7, 11) is 4.16. The molecular formula is C18H21NOS. The highest BCUT2D eigenvalue weighted by Crippen LogP contribution is 2.40. The average molecular weight is 299 g/mol. The number of nitrogens with zero attached hydrogens (tertiary/aromatic N) is 1. The van der Waals surface area contributed by atoms with Crippen LogP contribution in [0.25, 0.3) is 0 Å². The molecule has 2 nitrogen and oxygen atoms in total. The molecule has 0 fully saturated rings. The Hall–Kier alpha value is -1.29. The third-order valence-corrected chi connectivity index (χ3v) is 4.88. The maximum absolute atomic E-state index is 6.27. The molecule has 3 rings (SSSR count). The van der Waals surface area contributed by atoms with Crippen LogP contribution in [0, 0.1) is 0 Å². The van der Waals surface area contributed by atoms with Crippen molar-refractivity contribution in [1.82, 2.24) is 4.90 Å². The van der Waals surface area contributed by atoms with Crippen LogP contribution in [0.4, 0.5) is 0 Å². The highest BCUT2D eigenvalue weighted by Gasteiger charge is 2.24. The number of rotatable bonds is 4. The number of likely N-dealkylation sites (N-methyl/N-ethyl adjacent to an activating group) is 1. The summed E-state index contributed by atoms with van der Waals surface area (Å²) in [5, 5.41) is 0. The van der Waals surface area contributed by atoms with Gasteiger partial charge in [-0.3, -0.25) is 0 Å². The minimum atomic E-state index is 0.0485. The van der Waals surface area contributed by atoms with Gasteiger partial charge in [0.05, 0.1) is 6.61 Å². The van der Waals surface area contributed by atoms with Gasteiger partial charge in [-0.25, -0.2) is 0 Å². The fourth-order valence-electron chi connectivity index (χ4n) is 2.61. The number of ether oxygens (including phenoxy) is 1. The fraction of sp³-hybridized carbons (Fsp3) is 0.333. The molecule has 1 aliphatic heterocycles. The number of thioether (sulfide) groups is 1. The molecule has 1 atom stereocenters. The highest BCUT2D eigenvalue weighted by atomic mass is 32.2. The molecule has 110 valence electrons. The summed E-state index contributed by atoms with van der Waals surface area (Å²) in [5.41, 5.74) is 3.99. The molecule has 0 radical (unpaired) electrons. The van der Waals surface area contributed by atoms with Gasteiger partial charge in [0, 0.05) is 17.2 Å². The van der Waals surface area contributed by atoms with E-state index in [0.717, 1.165) is 18.9 Å². The molecule has 0 amide bonds. The van der Waals surface area contributed by atoms with Gasteiger partial charge in [-0.2, -0.15) is 0 Å². The van der Waals surface area contributed by atoms with E-state index in [4.69, 9.17) is 4.74 Å². The molecule has 0 spiro atoms. The smallest absolute Gasteiger partial charge is 0.109 e. The molecule has 0 saturated heterocycles. The Kier molecular flexibility index (Phi) is 4.63. The van der Waals surface area contributed by atoms with Crippen molar-refractivity contribution in [2.45, 2.75) is 16.8 Å². The van der Waals surface area contributed by atoms with Gasteiger partial charge < -0.3 is 9.64 Å². The maximum atomic E-state index is 6.27. The standard InChI is InChI=1S/C18H21NOS/c1-19(2)11-12-20-18-15-8-4-3-7-14(15)13-21-17-10-6-5-9-16(17)18/h3-10,18H,11-13H2,1-2H3. The van der Waals surface area contributed by atoms with Crippen LogP contribution in [0.1, 0.15) is 22.8 Å². The van der Waals surface area contributed by atoms with Gasteiger partial charge in [0.2, 0.25) is 0 Å². The Balaban J connectivity index is 1.95. The van der Waals surface area contributed by atoms with Gasteiger partial charge in [-0.15, -0.1) is 11.8 Å². The largest absolute Gasteiger partial charge is 0.367 e. The van der Waals surface area contributed by atoms with Gasteiger partial charge >= 0.3 is 0 Å². The van der Waals surface area contributed by atoms with Gasteiger partial charge in [-0.05, 0) is 36.9 Å². The Morgan fingerprint density at radius 1 is 1.05 bits per heavy atom. The number of hydrogen-bond acceptors (Lipinski definition) is 3. The Morgan fingerprint density at radius 2 is 1.76 bits per heavy atom. The Bertz CT molecular complexity index is 564. The summed E-state index contributed by atoms with van der Waals surface area (Å²) in [4.78, 5) is 3.49. The van der Waals surface area contributed by atoms with E-state index in [2.05, 4.69) is 67.5 Å². The zero-order valence-corrected chi connectivity index (χ0v) is 13.4. The molecule has 21 heavy (non-hydrogen) atoms. The van der Waals surface area contributed by atoms with E-state index in [1.165, 1.54) is 21.6 Å². The molecule has 0 saturated carbocycles. The predicted molar refractivity (Wildman–Crippen MR) is 88.8 cm³/mol. The lowest BCUT2D eigenvalue weighted by Gasteiger charge is -2.21. The van der Waals surface area contributed by atoms with Gasteiger partial charge in [-0.1, -0.05) is 42.5 Å². The van der Waals surface area contributed by atoms with E-state index in [1.807, 2.05) is 11.8 Å². The zero-order chi connectivity index (χ0) is 14.7. The van der Waals surface area contributed by atoms with Gasteiger partial charge in [0.1, 0.15) is 6.10 Å². The van der Waals surface area contributed by atoms with Crippen molar-refractivity contribution in [1.29, 1.82) is 0 Å². The minimum absolute atomic E-state index is 0.0485. The van der Waals surface area contributed by atoms with Crippen LogP contribution in [0.5, 0.6) is 0 Å². The fourth-order valence-corrected chi connectivity index (χ4v) is 3.70. The first-order valence-electron chi connectivity index (χ1n) is 7.31.